The second-order valence-electron chi connectivity index (χ2n) is 2.06. The average molecular weight is 203 g/mol. The van der Waals surface area contributed by atoms with Crippen LogP contribution < -0.4 is 10.5 Å². The maximum Gasteiger partial charge on any atom is 0.214 e. The van der Waals surface area contributed by atoms with Gasteiger partial charge in [0, 0.05) is 11.6 Å². The zero-order chi connectivity index (χ0) is 9.14. The molecule has 0 spiro atoms. The van der Waals surface area contributed by atoms with Crippen LogP contribution in [0.5, 0.6) is 5.88 Å². The Morgan fingerprint density at radius 2 is 2.33 bits per heavy atom. The van der Waals surface area contributed by atoms with E-state index in [4.69, 9.17) is 34.3 Å². The highest BCUT2D eigenvalue weighted by Gasteiger charge is 2.05. The van der Waals surface area contributed by atoms with Crippen molar-refractivity contribution in [2.45, 2.75) is 0 Å². The SMILES string of the molecule is COc1ccc(C(N)=S)c(Cl)n1. The first kappa shape index (κ1) is 9.22. The molecule has 0 saturated heterocycles. The van der Waals surface area contributed by atoms with Crippen molar-refractivity contribution >= 4 is 28.8 Å². The minimum absolute atomic E-state index is 0.232. The maximum absolute atomic E-state index is 5.74. The van der Waals surface area contributed by atoms with Crippen LogP contribution in [0.3, 0.4) is 0 Å². The molecule has 0 bridgehead atoms. The van der Waals surface area contributed by atoms with Gasteiger partial charge in [0.15, 0.2) is 0 Å². The summed E-state index contributed by atoms with van der Waals surface area (Å²) >= 11 is 10.5. The number of nitrogens with zero attached hydrogens (tertiary/aromatic N) is 1. The molecule has 0 aliphatic heterocycles. The van der Waals surface area contributed by atoms with Crippen LogP contribution in [-0.2, 0) is 0 Å². The van der Waals surface area contributed by atoms with E-state index in [1.807, 2.05) is 0 Å². The Morgan fingerprint density at radius 3 is 2.75 bits per heavy atom. The number of ether oxygens (including phenoxy) is 1. The zero-order valence-corrected chi connectivity index (χ0v) is 7.95. The van der Waals surface area contributed by atoms with E-state index in [0.717, 1.165) is 0 Å². The number of nitrogens with two attached hydrogens (primary N) is 1. The van der Waals surface area contributed by atoms with Gasteiger partial charge in [-0.05, 0) is 6.07 Å². The van der Waals surface area contributed by atoms with E-state index >= 15 is 0 Å². The molecule has 5 heteroatoms. The van der Waals surface area contributed by atoms with E-state index in [-0.39, 0.29) is 10.1 Å². The Bertz CT molecular complexity index is 316. The van der Waals surface area contributed by atoms with Crippen LogP contribution in [0.25, 0.3) is 0 Å². The first-order valence-electron chi connectivity index (χ1n) is 3.15. The van der Waals surface area contributed by atoms with Gasteiger partial charge in [-0.15, -0.1) is 0 Å². The highest BCUT2D eigenvalue weighted by Crippen LogP contribution is 2.17. The van der Waals surface area contributed by atoms with Crippen molar-refractivity contribution in [3.05, 3.63) is 22.8 Å². The Kier molecular flexibility index (Phi) is 2.83. The molecule has 0 saturated carbocycles. The third-order valence-corrected chi connectivity index (χ3v) is 1.81. The van der Waals surface area contributed by atoms with Crippen LogP contribution in [-0.4, -0.2) is 17.1 Å². The summed E-state index contributed by atoms with van der Waals surface area (Å²) < 4.78 is 4.85. The van der Waals surface area contributed by atoms with Crippen LogP contribution >= 0.6 is 23.8 Å². The molecule has 0 aliphatic carbocycles. The second kappa shape index (κ2) is 3.69. The monoisotopic (exact) mass is 202 g/mol. The van der Waals surface area contributed by atoms with Crippen LogP contribution in [0, 0.1) is 0 Å². The lowest BCUT2D eigenvalue weighted by Crippen LogP contribution is -2.10. The molecule has 0 aliphatic rings. The minimum atomic E-state index is 0.232. The second-order valence-corrected chi connectivity index (χ2v) is 2.85. The Balaban J connectivity index is 3.12. The summed E-state index contributed by atoms with van der Waals surface area (Å²) in [5.41, 5.74) is 5.93. The van der Waals surface area contributed by atoms with E-state index in [2.05, 4.69) is 4.98 Å². The Labute approximate surface area is 80.5 Å². The van der Waals surface area contributed by atoms with Crippen molar-refractivity contribution in [3.8, 4) is 5.88 Å². The van der Waals surface area contributed by atoms with Crippen molar-refractivity contribution in [3.63, 3.8) is 0 Å². The number of thiocarbonyl (C=S) groups is 1. The smallest absolute Gasteiger partial charge is 0.214 e. The predicted molar refractivity (Wildman–Crippen MR) is 51.7 cm³/mol. The third-order valence-electron chi connectivity index (χ3n) is 1.30. The van der Waals surface area contributed by atoms with Gasteiger partial charge in [0.2, 0.25) is 5.88 Å². The number of aromatic nitrogens is 1. The van der Waals surface area contributed by atoms with Crippen LogP contribution in [0.15, 0.2) is 12.1 Å². The van der Waals surface area contributed by atoms with Gasteiger partial charge in [-0.1, -0.05) is 23.8 Å². The van der Waals surface area contributed by atoms with Crippen molar-refractivity contribution < 1.29 is 4.74 Å². The fourth-order valence-corrected chi connectivity index (χ4v) is 1.18. The van der Waals surface area contributed by atoms with Gasteiger partial charge in [0.05, 0.1) is 7.11 Å². The van der Waals surface area contributed by atoms with Crippen molar-refractivity contribution in [2.75, 3.05) is 7.11 Å². The van der Waals surface area contributed by atoms with E-state index in [9.17, 15) is 0 Å². The summed E-state index contributed by atoms with van der Waals surface area (Å²) in [7, 11) is 1.51. The number of halogens is 1. The van der Waals surface area contributed by atoms with Gasteiger partial charge in [-0.3, -0.25) is 0 Å². The van der Waals surface area contributed by atoms with Gasteiger partial charge >= 0.3 is 0 Å². The molecule has 0 fully saturated rings. The molecule has 1 aromatic rings. The number of pyridine rings is 1. The quantitative estimate of drug-likeness (QED) is 0.582. The van der Waals surface area contributed by atoms with E-state index in [1.54, 1.807) is 12.1 Å². The van der Waals surface area contributed by atoms with Crippen LogP contribution in [0.1, 0.15) is 5.56 Å². The predicted octanol–water partition coefficient (Wildman–Crippen LogP) is 1.38. The molecule has 64 valence electrons. The fraction of sp³-hybridized carbons (Fsp3) is 0.143. The molecule has 3 nitrogen and oxygen atoms in total. The van der Waals surface area contributed by atoms with E-state index < -0.39 is 0 Å². The van der Waals surface area contributed by atoms with Crippen molar-refractivity contribution in [1.82, 2.24) is 4.98 Å². The summed E-state index contributed by atoms with van der Waals surface area (Å²) in [5.74, 6) is 0.444. The zero-order valence-electron chi connectivity index (χ0n) is 6.37. The van der Waals surface area contributed by atoms with Gasteiger partial charge in [0.25, 0.3) is 0 Å². The third kappa shape index (κ3) is 1.84. The molecular weight excluding hydrogens is 196 g/mol. The van der Waals surface area contributed by atoms with Gasteiger partial charge in [0.1, 0.15) is 10.1 Å². The molecule has 1 heterocycles. The molecule has 2 N–H and O–H groups in total. The molecule has 0 amide bonds. The standard InChI is InChI=1S/C7H7ClN2OS/c1-11-5-3-2-4(7(9)12)6(8)10-5/h2-3H,1H3,(H2,9,12). The molecule has 0 radical (unpaired) electrons. The van der Waals surface area contributed by atoms with Crippen LogP contribution in [0.4, 0.5) is 0 Å². The van der Waals surface area contributed by atoms with E-state index in [0.29, 0.717) is 11.4 Å². The lowest BCUT2D eigenvalue weighted by Gasteiger charge is -2.02. The number of rotatable bonds is 2. The maximum atomic E-state index is 5.74. The largest absolute Gasteiger partial charge is 0.481 e. The van der Waals surface area contributed by atoms with Crippen molar-refractivity contribution in [1.29, 1.82) is 0 Å². The highest BCUT2D eigenvalue weighted by molar-refractivity contribution is 7.80. The minimum Gasteiger partial charge on any atom is -0.481 e. The summed E-state index contributed by atoms with van der Waals surface area (Å²) in [5, 5.41) is 0.266. The average Bonchev–Trinajstić information content (AvgIpc) is 2.03. The topological polar surface area (TPSA) is 48.1 Å². The fourth-order valence-electron chi connectivity index (χ4n) is 0.715. The van der Waals surface area contributed by atoms with Gasteiger partial charge in [-0.25, -0.2) is 4.98 Å². The van der Waals surface area contributed by atoms with E-state index in [1.165, 1.54) is 7.11 Å². The lowest BCUT2D eigenvalue weighted by molar-refractivity contribution is 0.398. The van der Waals surface area contributed by atoms with Crippen LogP contribution in [0.2, 0.25) is 5.15 Å². The lowest BCUT2D eigenvalue weighted by atomic mass is 10.3. The Morgan fingerprint density at radius 1 is 1.67 bits per heavy atom. The molecule has 1 aromatic heterocycles. The first-order valence-corrected chi connectivity index (χ1v) is 3.94. The molecular formula is C7H7ClN2OS. The molecule has 12 heavy (non-hydrogen) atoms. The summed E-state index contributed by atoms with van der Waals surface area (Å²) in [6.07, 6.45) is 0. The number of hydrogen-bond donors (Lipinski definition) is 1. The number of hydrogen-bond acceptors (Lipinski definition) is 3. The van der Waals surface area contributed by atoms with Gasteiger partial charge in [-0.2, -0.15) is 0 Å². The normalized spacial score (nSPS) is 9.50. The molecule has 0 aromatic carbocycles. The summed E-state index contributed by atoms with van der Waals surface area (Å²) in [6.45, 7) is 0. The first-order chi connectivity index (χ1) is 5.65. The number of methoxy groups -OCH3 is 1. The Hall–Kier alpha value is -0.870. The molecule has 0 unspecified atom stereocenters. The van der Waals surface area contributed by atoms with Crippen molar-refractivity contribution in [2.24, 2.45) is 5.73 Å². The summed E-state index contributed by atoms with van der Waals surface area (Å²) in [4.78, 5) is 4.12. The molecule has 0 atom stereocenters. The van der Waals surface area contributed by atoms with Gasteiger partial charge < -0.3 is 10.5 Å². The molecule has 1 rings (SSSR count). The highest BCUT2D eigenvalue weighted by atomic mass is 35.5. The summed E-state index contributed by atoms with van der Waals surface area (Å²) in [6, 6.07) is 3.33.